The number of nitrogens with one attached hydrogen (secondary N) is 2. The fourth-order valence-corrected chi connectivity index (χ4v) is 4.66. The minimum atomic E-state index is -0.0527. The van der Waals surface area contributed by atoms with E-state index in [0.717, 1.165) is 44.5 Å². The average molecular weight is 488 g/mol. The summed E-state index contributed by atoms with van der Waals surface area (Å²) in [7, 11) is 0. The summed E-state index contributed by atoms with van der Waals surface area (Å²) in [6.45, 7) is 6.11. The Kier molecular flexibility index (Phi) is 13.8. The molecule has 1 aliphatic heterocycles. The van der Waals surface area contributed by atoms with Crippen LogP contribution in [0.25, 0.3) is 0 Å². The number of carbonyl (C=O) groups excluding carboxylic acids is 2. The Morgan fingerprint density at radius 1 is 0.941 bits per heavy atom. The van der Waals surface area contributed by atoms with Crippen LogP contribution in [0.5, 0.6) is 0 Å². The van der Waals surface area contributed by atoms with Gasteiger partial charge in [0.2, 0.25) is 5.91 Å². The van der Waals surface area contributed by atoms with Gasteiger partial charge in [0, 0.05) is 30.8 Å². The van der Waals surface area contributed by atoms with Crippen molar-refractivity contribution in [3.63, 3.8) is 0 Å². The van der Waals surface area contributed by atoms with Crippen LogP contribution >= 0.6 is 12.2 Å². The number of hydrogen-bond donors (Lipinski definition) is 2. The number of rotatable bonds is 14. The van der Waals surface area contributed by atoms with Gasteiger partial charge < -0.3 is 15.5 Å². The number of carbonyl (C=O) groups is 2. The van der Waals surface area contributed by atoms with E-state index in [4.69, 9.17) is 12.2 Å². The van der Waals surface area contributed by atoms with E-state index in [9.17, 15) is 9.59 Å². The molecule has 1 saturated heterocycles. The van der Waals surface area contributed by atoms with Gasteiger partial charge in [-0.15, -0.1) is 0 Å². The number of benzene rings is 1. The Hall–Kier alpha value is -1.95. The first kappa shape index (κ1) is 28.3. The molecule has 0 unspecified atom stereocenters. The second-order valence-electron chi connectivity index (χ2n) is 9.84. The molecule has 34 heavy (non-hydrogen) atoms. The smallest absolute Gasteiger partial charge is 0.253 e. The van der Waals surface area contributed by atoms with Gasteiger partial charge in [-0.25, -0.2) is 0 Å². The van der Waals surface area contributed by atoms with Crippen LogP contribution in [0, 0.1) is 5.92 Å². The van der Waals surface area contributed by atoms with Gasteiger partial charge >= 0.3 is 0 Å². The zero-order valence-electron chi connectivity index (χ0n) is 21.4. The molecule has 190 valence electrons. The fraction of sp³-hybridized carbons (Fsp3) is 0.679. The van der Waals surface area contributed by atoms with Gasteiger partial charge in [-0.05, 0) is 55.6 Å². The first-order valence-corrected chi connectivity index (χ1v) is 13.9. The highest BCUT2D eigenvalue weighted by atomic mass is 32.1. The molecule has 0 aromatic heterocycles. The lowest BCUT2D eigenvalue weighted by Crippen LogP contribution is -2.38. The molecule has 6 heteroatoms. The van der Waals surface area contributed by atoms with E-state index in [1.165, 1.54) is 57.8 Å². The summed E-state index contributed by atoms with van der Waals surface area (Å²) < 4.78 is 0. The van der Waals surface area contributed by atoms with Gasteiger partial charge in [-0.2, -0.15) is 0 Å². The van der Waals surface area contributed by atoms with Crippen LogP contribution in [0.1, 0.15) is 114 Å². The number of likely N-dealkylation sites (tertiary alicyclic amines) is 1. The van der Waals surface area contributed by atoms with Crippen molar-refractivity contribution in [3.05, 3.63) is 29.8 Å². The predicted molar refractivity (Wildman–Crippen MR) is 146 cm³/mol. The zero-order chi connectivity index (χ0) is 24.6. The van der Waals surface area contributed by atoms with Gasteiger partial charge in [0.05, 0.1) is 0 Å². The maximum absolute atomic E-state index is 12.8. The Morgan fingerprint density at radius 2 is 1.53 bits per heavy atom. The third-order valence-corrected chi connectivity index (χ3v) is 6.90. The van der Waals surface area contributed by atoms with Crippen LogP contribution in [0.15, 0.2) is 24.3 Å². The normalized spacial score (nSPS) is 14.1. The molecule has 5 nitrogen and oxygen atoms in total. The van der Waals surface area contributed by atoms with E-state index >= 15 is 0 Å². The van der Waals surface area contributed by atoms with Gasteiger partial charge in [0.1, 0.15) is 0 Å². The van der Waals surface area contributed by atoms with Crippen molar-refractivity contribution in [2.75, 3.05) is 18.4 Å². The van der Waals surface area contributed by atoms with Gasteiger partial charge in [-0.1, -0.05) is 84.1 Å². The quantitative estimate of drug-likeness (QED) is 0.217. The maximum atomic E-state index is 12.8. The number of anilines is 1. The summed E-state index contributed by atoms with van der Waals surface area (Å²) in [5, 5.41) is 6.10. The Labute approximate surface area is 212 Å². The van der Waals surface area contributed by atoms with Crippen molar-refractivity contribution in [3.8, 4) is 0 Å². The van der Waals surface area contributed by atoms with Gasteiger partial charge in [0.25, 0.3) is 5.91 Å². The van der Waals surface area contributed by atoms with Crippen LogP contribution in [-0.4, -0.2) is 34.9 Å². The van der Waals surface area contributed by atoms with E-state index in [-0.39, 0.29) is 16.9 Å². The lowest BCUT2D eigenvalue weighted by Gasteiger charge is -2.30. The second kappa shape index (κ2) is 16.6. The Balaban J connectivity index is 1.59. The highest BCUT2D eigenvalue weighted by molar-refractivity contribution is 7.80. The molecule has 1 heterocycles. The van der Waals surface area contributed by atoms with Crippen LogP contribution in [-0.2, 0) is 4.79 Å². The SMILES string of the molecule is CCCCCCCCCCCCCC(=O)NC(=S)Nc1cccc(C(=O)N2CCC(C)CC2)c1. The largest absolute Gasteiger partial charge is 0.339 e. The predicted octanol–water partition coefficient (Wildman–Crippen LogP) is 7.07. The molecule has 0 spiro atoms. The molecule has 0 bridgehead atoms. The van der Waals surface area contributed by atoms with E-state index in [2.05, 4.69) is 24.5 Å². The summed E-state index contributed by atoms with van der Waals surface area (Å²) in [6, 6.07) is 7.34. The molecule has 2 amide bonds. The minimum absolute atomic E-state index is 0.0527. The lowest BCUT2D eigenvalue weighted by atomic mass is 9.98. The van der Waals surface area contributed by atoms with Gasteiger partial charge in [0.15, 0.2) is 5.11 Å². The zero-order valence-corrected chi connectivity index (χ0v) is 22.2. The molecule has 0 saturated carbocycles. The lowest BCUT2D eigenvalue weighted by molar-refractivity contribution is -0.119. The number of unbranched alkanes of at least 4 members (excludes halogenated alkanes) is 10. The van der Waals surface area contributed by atoms with Crippen molar-refractivity contribution < 1.29 is 9.59 Å². The summed E-state index contributed by atoms with van der Waals surface area (Å²) >= 11 is 5.31. The summed E-state index contributed by atoms with van der Waals surface area (Å²) in [5.74, 6) is 0.688. The molecular weight excluding hydrogens is 442 g/mol. The van der Waals surface area contributed by atoms with Crippen LogP contribution in [0.4, 0.5) is 5.69 Å². The molecule has 2 N–H and O–H groups in total. The molecule has 0 atom stereocenters. The number of amides is 2. The van der Waals surface area contributed by atoms with Crippen LogP contribution in [0.2, 0.25) is 0 Å². The van der Waals surface area contributed by atoms with Crippen molar-refractivity contribution in [1.29, 1.82) is 0 Å². The average Bonchev–Trinajstić information content (AvgIpc) is 2.82. The summed E-state index contributed by atoms with van der Waals surface area (Å²) in [4.78, 5) is 26.9. The number of hydrogen-bond acceptors (Lipinski definition) is 3. The minimum Gasteiger partial charge on any atom is -0.339 e. The van der Waals surface area contributed by atoms with E-state index < -0.39 is 0 Å². The standard InChI is InChI=1S/C28H45N3O2S/c1-3-4-5-6-7-8-9-10-11-12-13-17-26(32)30-28(34)29-25-16-14-15-24(22-25)27(33)31-20-18-23(2)19-21-31/h14-16,22-23H,3-13,17-21H2,1-2H3,(H2,29,30,32,34). The number of piperidine rings is 1. The van der Waals surface area contributed by atoms with E-state index in [1.54, 1.807) is 0 Å². The first-order valence-electron chi connectivity index (χ1n) is 13.5. The Morgan fingerprint density at radius 3 is 2.15 bits per heavy atom. The molecule has 1 aromatic rings. The third kappa shape index (κ3) is 11.5. The topological polar surface area (TPSA) is 61.4 Å². The molecule has 0 radical (unpaired) electrons. The van der Waals surface area contributed by atoms with Gasteiger partial charge in [-0.3, -0.25) is 9.59 Å². The Bertz CT molecular complexity index is 760. The first-order chi connectivity index (χ1) is 16.5. The highest BCUT2D eigenvalue weighted by Gasteiger charge is 2.21. The second-order valence-corrected chi connectivity index (χ2v) is 10.3. The van der Waals surface area contributed by atoms with Crippen molar-refractivity contribution in [1.82, 2.24) is 10.2 Å². The molecule has 1 aliphatic rings. The van der Waals surface area contributed by atoms with E-state index in [1.807, 2.05) is 29.2 Å². The number of nitrogens with zero attached hydrogens (tertiary/aromatic N) is 1. The third-order valence-electron chi connectivity index (χ3n) is 6.70. The highest BCUT2D eigenvalue weighted by Crippen LogP contribution is 2.20. The van der Waals surface area contributed by atoms with Crippen molar-refractivity contribution >= 4 is 34.8 Å². The molecule has 2 rings (SSSR count). The van der Waals surface area contributed by atoms with Crippen LogP contribution < -0.4 is 10.6 Å². The summed E-state index contributed by atoms with van der Waals surface area (Å²) in [6.07, 6.45) is 16.5. The van der Waals surface area contributed by atoms with Crippen molar-refractivity contribution in [2.45, 2.75) is 104 Å². The number of thiocarbonyl (C=S) groups is 1. The van der Waals surface area contributed by atoms with Crippen molar-refractivity contribution in [2.24, 2.45) is 5.92 Å². The molecule has 1 aromatic carbocycles. The summed E-state index contributed by atoms with van der Waals surface area (Å²) in [5.41, 5.74) is 1.37. The van der Waals surface area contributed by atoms with E-state index in [0.29, 0.717) is 17.9 Å². The maximum Gasteiger partial charge on any atom is 0.253 e. The van der Waals surface area contributed by atoms with Crippen LogP contribution in [0.3, 0.4) is 0 Å². The molecular formula is C28H45N3O2S. The molecule has 1 fully saturated rings. The fourth-order valence-electron chi connectivity index (χ4n) is 4.43. The molecule has 0 aliphatic carbocycles. The monoisotopic (exact) mass is 487 g/mol.